The molecule has 6 heteroatoms. The molecule has 1 saturated carbocycles. The number of carbonyl (C=O) groups excluding carboxylic acids is 1. The zero-order valence-corrected chi connectivity index (χ0v) is 13.1. The van der Waals surface area contributed by atoms with Crippen molar-refractivity contribution in [1.82, 2.24) is 0 Å². The Morgan fingerprint density at radius 2 is 2.00 bits per heavy atom. The molecule has 2 rings (SSSR count). The van der Waals surface area contributed by atoms with Crippen LogP contribution in [0.2, 0.25) is 0 Å². The summed E-state index contributed by atoms with van der Waals surface area (Å²) in [6.07, 6.45) is 2.61. The lowest BCUT2D eigenvalue weighted by Gasteiger charge is -2.25. The van der Waals surface area contributed by atoms with Crippen LogP contribution in [0.5, 0.6) is 0 Å². The lowest BCUT2D eigenvalue weighted by Crippen LogP contribution is -2.29. The van der Waals surface area contributed by atoms with E-state index in [1.165, 1.54) is 0 Å². The number of benzene rings is 1. The van der Waals surface area contributed by atoms with Crippen molar-refractivity contribution in [3.8, 4) is 0 Å². The number of hydrogen-bond donors (Lipinski definition) is 2. The minimum Gasteiger partial charge on any atom is -0.481 e. The number of carboxylic acids is 1. The summed E-state index contributed by atoms with van der Waals surface area (Å²) in [6, 6.07) is 7.34. The van der Waals surface area contributed by atoms with Gasteiger partial charge < -0.3 is 15.2 Å². The molecule has 0 saturated heterocycles. The van der Waals surface area contributed by atoms with Gasteiger partial charge in [0.1, 0.15) is 6.61 Å². The fourth-order valence-corrected chi connectivity index (χ4v) is 2.83. The van der Waals surface area contributed by atoms with Gasteiger partial charge in [-0.05, 0) is 43.9 Å². The molecule has 0 aliphatic heterocycles. The van der Waals surface area contributed by atoms with Crippen molar-refractivity contribution in [2.45, 2.75) is 31.8 Å². The number of carbonyl (C=O) groups is 2. The monoisotopic (exact) mass is 355 g/mol. The van der Waals surface area contributed by atoms with E-state index in [0.29, 0.717) is 31.4 Å². The first-order valence-corrected chi connectivity index (χ1v) is 7.73. The minimum atomic E-state index is -0.735. The van der Waals surface area contributed by atoms with Crippen molar-refractivity contribution in [2.75, 3.05) is 11.9 Å². The van der Waals surface area contributed by atoms with Crippen LogP contribution in [0.1, 0.15) is 25.7 Å². The van der Waals surface area contributed by atoms with Gasteiger partial charge in [-0.1, -0.05) is 22.0 Å². The van der Waals surface area contributed by atoms with E-state index in [2.05, 4.69) is 21.2 Å². The van der Waals surface area contributed by atoms with Crippen LogP contribution < -0.4 is 5.32 Å². The van der Waals surface area contributed by atoms with Crippen LogP contribution in [-0.4, -0.2) is 29.7 Å². The Balaban J connectivity index is 1.71. The number of halogens is 1. The van der Waals surface area contributed by atoms with Gasteiger partial charge in [0.2, 0.25) is 5.91 Å². The second-order valence-corrected chi connectivity index (χ2v) is 6.10. The Kier molecular flexibility index (Phi) is 5.76. The van der Waals surface area contributed by atoms with Gasteiger partial charge in [-0.15, -0.1) is 0 Å². The predicted octanol–water partition coefficient (Wildman–Crippen LogP) is 3.05. The van der Waals surface area contributed by atoms with E-state index in [-0.39, 0.29) is 24.5 Å². The second-order valence-electron chi connectivity index (χ2n) is 5.18. The number of hydrogen-bond acceptors (Lipinski definition) is 3. The van der Waals surface area contributed by atoms with Crippen LogP contribution in [0.3, 0.4) is 0 Å². The third-order valence-electron chi connectivity index (χ3n) is 3.58. The van der Waals surface area contributed by atoms with Crippen LogP contribution in [0.15, 0.2) is 28.7 Å². The number of ether oxygens (including phenoxy) is 1. The number of amides is 1. The highest BCUT2D eigenvalue weighted by Gasteiger charge is 2.26. The summed E-state index contributed by atoms with van der Waals surface area (Å²) < 4.78 is 6.46. The lowest BCUT2D eigenvalue weighted by atomic mass is 9.87. The molecule has 0 atom stereocenters. The highest BCUT2D eigenvalue weighted by molar-refractivity contribution is 9.10. The number of nitrogens with one attached hydrogen (secondary N) is 1. The van der Waals surface area contributed by atoms with Gasteiger partial charge in [0.25, 0.3) is 0 Å². The summed E-state index contributed by atoms with van der Waals surface area (Å²) >= 11 is 3.34. The van der Waals surface area contributed by atoms with Gasteiger partial charge in [-0.3, -0.25) is 9.59 Å². The first-order chi connectivity index (χ1) is 10.0. The minimum absolute atomic E-state index is 0.00504. The molecule has 0 aromatic heterocycles. The van der Waals surface area contributed by atoms with E-state index in [9.17, 15) is 9.59 Å². The maximum absolute atomic E-state index is 11.8. The zero-order chi connectivity index (χ0) is 15.2. The summed E-state index contributed by atoms with van der Waals surface area (Å²) in [5, 5.41) is 11.7. The molecule has 5 nitrogen and oxygen atoms in total. The second kappa shape index (κ2) is 7.56. The Bertz CT molecular complexity index is 512. The maximum atomic E-state index is 11.8. The first-order valence-electron chi connectivity index (χ1n) is 6.94. The molecule has 0 radical (unpaired) electrons. The molecule has 2 N–H and O–H groups in total. The van der Waals surface area contributed by atoms with Gasteiger partial charge >= 0.3 is 5.97 Å². The molecule has 1 aromatic rings. The number of aliphatic carboxylic acids is 1. The van der Waals surface area contributed by atoms with E-state index in [0.717, 1.165) is 4.47 Å². The zero-order valence-electron chi connectivity index (χ0n) is 11.5. The van der Waals surface area contributed by atoms with Crippen molar-refractivity contribution in [3.05, 3.63) is 28.7 Å². The SMILES string of the molecule is O=C(COC1CCC(C(=O)O)CC1)Nc1cccc(Br)c1. The lowest BCUT2D eigenvalue weighted by molar-refractivity contribution is -0.144. The number of carboxylic acid groups (broad SMARTS) is 1. The van der Waals surface area contributed by atoms with Crippen molar-refractivity contribution in [2.24, 2.45) is 5.92 Å². The standard InChI is InChI=1S/C15H18BrNO4/c16-11-2-1-3-12(8-11)17-14(18)9-21-13-6-4-10(5-7-13)15(19)20/h1-3,8,10,13H,4-7,9H2,(H,17,18)(H,19,20). The summed E-state index contributed by atoms with van der Waals surface area (Å²) in [5.41, 5.74) is 0.715. The molecule has 0 heterocycles. The Morgan fingerprint density at radius 1 is 1.29 bits per heavy atom. The molecule has 21 heavy (non-hydrogen) atoms. The molecule has 0 bridgehead atoms. The molecule has 1 fully saturated rings. The van der Waals surface area contributed by atoms with Gasteiger partial charge in [-0.25, -0.2) is 0 Å². The van der Waals surface area contributed by atoms with Gasteiger partial charge in [0.05, 0.1) is 12.0 Å². The van der Waals surface area contributed by atoms with E-state index in [4.69, 9.17) is 9.84 Å². The highest BCUT2D eigenvalue weighted by Crippen LogP contribution is 2.26. The van der Waals surface area contributed by atoms with Crippen LogP contribution in [0.25, 0.3) is 0 Å². The van der Waals surface area contributed by atoms with Crippen molar-refractivity contribution < 1.29 is 19.4 Å². The van der Waals surface area contributed by atoms with Crippen LogP contribution >= 0.6 is 15.9 Å². The maximum Gasteiger partial charge on any atom is 0.306 e. The van der Waals surface area contributed by atoms with E-state index >= 15 is 0 Å². The van der Waals surface area contributed by atoms with Crippen LogP contribution in [0.4, 0.5) is 5.69 Å². The van der Waals surface area contributed by atoms with Gasteiger partial charge in [0.15, 0.2) is 0 Å². The van der Waals surface area contributed by atoms with Crippen LogP contribution in [-0.2, 0) is 14.3 Å². The molecule has 1 amide bonds. The predicted molar refractivity (Wildman–Crippen MR) is 82.1 cm³/mol. The quantitative estimate of drug-likeness (QED) is 0.850. The van der Waals surface area contributed by atoms with E-state index < -0.39 is 5.97 Å². The Labute approximate surface area is 131 Å². The average Bonchev–Trinajstić information content (AvgIpc) is 2.45. The molecule has 0 unspecified atom stereocenters. The van der Waals surface area contributed by atoms with Crippen molar-refractivity contribution >= 4 is 33.5 Å². The van der Waals surface area contributed by atoms with Crippen LogP contribution in [0, 0.1) is 5.92 Å². The number of rotatable bonds is 5. The third kappa shape index (κ3) is 5.13. The molecule has 0 spiro atoms. The fraction of sp³-hybridized carbons (Fsp3) is 0.467. The summed E-state index contributed by atoms with van der Waals surface area (Å²) in [7, 11) is 0. The smallest absolute Gasteiger partial charge is 0.306 e. The van der Waals surface area contributed by atoms with E-state index in [1.54, 1.807) is 6.07 Å². The van der Waals surface area contributed by atoms with Gasteiger partial charge in [-0.2, -0.15) is 0 Å². The molecule has 1 aliphatic carbocycles. The highest BCUT2D eigenvalue weighted by atomic mass is 79.9. The molecule has 114 valence electrons. The normalized spacial score (nSPS) is 21.8. The van der Waals surface area contributed by atoms with Gasteiger partial charge in [0, 0.05) is 10.2 Å². The summed E-state index contributed by atoms with van der Waals surface area (Å²) in [6.45, 7) is -0.00504. The number of anilines is 1. The first kappa shape index (κ1) is 16.0. The summed E-state index contributed by atoms with van der Waals surface area (Å²) in [4.78, 5) is 22.6. The Morgan fingerprint density at radius 3 is 2.62 bits per heavy atom. The molecular weight excluding hydrogens is 338 g/mol. The Hall–Kier alpha value is -1.40. The van der Waals surface area contributed by atoms with Crippen molar-refractivity contribution in [1.29, 1.82) is 0 Å². The van der Waals surface area contributed by atoms with E-state index in [1.807, 2.05) is 18.2 Å². The summed E-state index contributed by atoms with van der Waals surface area (Å²) in [5.74, 6) is -1.20. The molecule has 1 aliphatic rings. The third-order valence-corrected chi connectivity index (χ3v) is 4.08. The molecular formula is C15H18BrNO4. The van der Waals surface area contributed by atoms with Crippen molar-refractivity contribution in [3.63, 3.8) is 0 Å². The molecule has 1 aromatic carbocycles. The largest absolute Gasteiger partial charge is 0.481 e. The average molecular weight is 356 g/mol. The fourth-order valence-electron chi connectivity index (χ4n) is 2.43. The topological polar surface area (TPSA) is 75.6 Å².